The van der Waals surface area contributed by atoms with E-state index in [0.717, 1.165) is 31.2 Å². The molecular formula is C11H14O2. The van der Waals surface area contributed by atoms with E-state index in [1.807, 2.05) is 0 Å². The number of benzene rings is 1. The highest BCUT2D eigenvalue weighted by Gasteiger charge is 2.32. The van der Waals surface area contributed by atoms with Crippen molar-refractivity contribution in [3.8, 4) is 5.75 Å². The van der Waals surface area contributed by atoms with Gasteiger partial charge < -0.3 is 10.2 Å². The molecule has 0 heterocycles. The fourth-order valence-electron chi connectivity index (χ4n) is 2.02. The summed E-state index contributed by atoms with van der Waals surface area (Å²) >= 11 is 0. The Balaban J connectivity index is 2.29. The molecule has 1 aromatic carbocycles. The number of hydrogen-bond acceptors (Lipinski definition) is 2. The minimum atomic E-state index is -0.631. The number of phenols is 1. The molecule has 2 nitrogen and oxygen atoms in total. The highest BCUT2D eigenvalue weighted by Crippen LogP contribution is 2.38. The molecule has 0 atom stereocenters. The summed E-state index contributed by atoms with van der Waals surface area (Å²) in [7, 11) is 0. The van der Waals surface area contributed by atoms with Gasteiger partial charge in [0.1, 0.15) is 5.75 Å². The predicted molar refractivity (Wildman–Crippen MR) is 50.5 cm³/mol. The molecule has 1 aromatic rings. The second kappa shape index (κ2) is 3.04. The van der Waals surface area contributed by atoms with Crippen LogP contribution in [0.25, 0.3) is 0 Å². The van der Waals surface area contributed by atoms with E-state index < -0.39 is 5.60 Å². The summed E-state index contributed by atoms with van der Waals surface area (Å²) in [6.07, 6.45) is 3.88. The van der Waals surface area contributed by atoms with Gasteiger partial charge in [-0.05, 0) is 30.5 Å². The van der Waals surface area contributed by atoms with E-state index in [9.17, 15) is 5.11 Å². The standard InChI is InChI=1S/C11H14O2/c12-10-5-3-9(4-6-10)11(13)7-1-2-8-11/h3-6,12-13H,1-2,7-8H2. The quantitative estimate of drug-likeness (QED) is 0.691. The normalized spacial score (nSPS) is 20.4. The van der Waals surface area contributed by atoms with Gasteiger partial charge in [0.05, 0.1) is 5.60 Å². The molecule has 2 rings (SSSR count). The number of hydrogen-bond donors (Lipinski definition) is 2. The first kappa shape index (κ1) is 8.57. The Labute approximate surface area is 77.8 Å². The molecule has 0 amide bonds. The van der Waals surface area contributed by atoms with Gasteiger partial charge in [0.25, 0.3) is 0 Å². The van der Waals surface area contributed by atoms with Crippen molar-refractivity contribution < 1.29 is 10.2 Å². The van der Waals surface area contributed by atoms with Gasteiger partial charge in [-0.15, -0.1) is 0 Å². The van der Waals surface area contributed by atoms with Crippen LogP contribution in [0.1, 0.15) is 31.2 Å². The zero-order valence-corrected chi connectivity index (χ0v) is 7.53. The molecule has 1 aliphatic carbocycles. The fourth-order valence-corrected chi connectivity index (χ4v) is 2.02. The van der Waals surface area contributed by atoms with Gasteiger partial charge in [-0.3, -0.25) is 0 Å². The largest absolute Gasteiger partial charge is 0.508 e. The molecule has 0 saturated heterocycles. The van der Waals surface area contributed by atoms with Crippen molar-refractivity contribution in [1.29, 1.82) is 0 Å². The van der Waals surface area contributed by atoms with Gasteiger partial charge in [0.2, 0.25) is 0 Å². The third-order valence-electron chi connectivity index (χ3n) is 2.84. The number of aromatic hydroxyl groups is 1. The molecule has 1 aliphatic rings. The Morgan fingerprint density at radius 3 is 2.08 bits per heavy atom. The van der Waals surface area contributed by atoms with Crippen LogP contribution in [0.15, 0.2) is 24.3 Å². The number of phenolic OH excluding ortho intramolecular Hbond substituents is 1. The van der Waals surface area contributed by atoms with Gasteiger partial charge in [0, 0.05) is 0 Å². The maximum absolute atomic E-state index is 10.2. The molecule has 0 spiro atoms. The van der Waals surface area contributed by atoms with E-state index in [2.05, 4.69) is 0 Å². The molecule has 0 aliphatic heterocycles. The molecule has 70 valence electrons. The van der Waals surface area contributed by atoms with E-state index in [4.69, 9.17) is 5.11 Å². The maximum atomic E-state index is 10.2. The molecule has 0 unspecified atom stereocenters. The van der Waals surface area contributed by atoms with Crippen LogP contribution in [0.5, 0.6) is 5.75 Å². The van der Waals surface area contributed by atoms with Crippen LogP contribution < -0.4 is 0 Å². The van der Waals surface area contributed by atoms with Crippen molar-refractivity contribution in [3.63, 3.8) is 0 Å². The lowest BCUT2D eigenvalue weighted by Crippen LogP contribution is -2.20. The van der Waals surface area contributed by atoms with Crippen molar-refractivity contribution in [2.24, 2.45) is 0 Å². The van der Waals surface area contributed by atoms with Crippen molar-refractivity contribution in [2.75, 3.05) is 0 Å². The van der Waals surface area contributed by atoms with Crippen LogP contribution in [0.2, 0.25) is 0 Å². The zero-order valence-electron chi connectivity index (χ0n) is 7.53. The first-order valence-electron chi connectivity index (χ1n) is 4.73. The molecule has 0 radical (unpaired) electrons. The van der Waals surface area contributed by atoms with Crippen LogP contribution in [-0.4, -0.2) is 10.2 Å². The zero-order chi connectivity index (χ0) is 9.31. The van der Waals surface area contributed by atoms with Crippen molar-refractivity contribution in [2.45, 2.75) is 31.3 Å². The predicted octanol–water partition coefficient (Wildman–Crippen LogP) is 2.15. The van der Waals surface area contributed by atoms with E-state index in [0.29, 0.717) is 0 Å². The molecular weight excluding hydrogens is 164 g/mol. The minimum absolute atomic E-state index is 0.255. The van der Waals surface area contributed by atoms with Crippen LogP contribution in [0.4, 0.5) is 0 Å². The van der Waals surface area contributed by atoms with E-state index >= 15 is 0 Å². The molecule has 1 saturated carbocycles. The lowest BCUT2D eigenvalue weighted by molar-refractivity contribution is 0.0444. The average Bonchev–Trinajstić information content (AvgIpc) is 2.54. The van der Waals surface area contributed by atoms with Gasteiger partial charge in [-0.25, -0.2) is 0 Å². The summed E-state index contributed by atoms with van der Waals surface area (Å²) in [6.45, 7) is 0. The second-order valence-corrected chi connectivity index (χ2v) is 3.79. The Bertz CT molecular complexity index is 283. The van der Waals surface area contributed by atoms with Crippen LogP contribution in [-0.2, 0) is 5.60 Å². The third kappa shape index (κ3) is 1.54. The Morgan fingerprint density at radius 2 is 1.54 bits per heavy atom. The summed E-state index contributed by atoms with van der Waals surface area (Å²) in [5.41, 5.74) is 0.302. The maximum Gasteiger partial charge on any atom is 0.115 e. The summed E-state index contributed by atoms with van der Waals surface area (Å²) < 4.78 is 0. The van der Waals surface area contributed by atoms with Crippen LogP contribution >= 0.6 is 0 Å². The first-order chi connectivity index (χ1) is 6.21. The van der Waals surface area contributed by atoms with E-state index in [-0.39, 0.29) is 5.75 Å². The Morgan fingerprint density at radius 1 is 1.00 bits per heavy atom. The average molecular weight is 178 g/mol. The monoisotopic (exact) mass is 178 g/mol. The lowest BCUT2D eigenvalue weighted by Gasteiger charge is -2.22. The van der Waals surface area contributed by atoms with Crippen molar-refractivity contribution in [3.05, 3.63) is 29.8 Å². The summed E-state index contributed by atoms with van der Waals surface area (Å²) in [6, 6.07) is 6.87. The summed E-state index contributed by atoms with van der Waals surface area (Å²) in [5, 5.41) is 19.3. The van der Waals surface area contributed by atoms with Crippen LogP contribution in [0.3, 0.4) is 0 Å². The third-order valence-corrected chi connectivity index (χ3v) is 2.84. The molecule has 2 heteroatoms. The van der Waals surface area contributed by atoms with Gasteiger partial charge in [-0.1, -0.05) is 25.0 Å². The van der Waals surface area contributed by atoms with Crippen molar-refractivity contribution in [1.82, 2.24) is 0 Å². The van der Waals surface area contributed by atoms with Crippen molar-refractivity contribution >= 4 is 0 Å². The topological polar surface area (TPSA) is 40.5 Å². The first-order valence-corrected chi connectivity index (χ1v) is 4.73. The lowest BCUT2D eigenvalue weighted by atomic mass is 9.92. The minimum Gasteiger partial charge on any atom is -0.508 e. The molecule has 13 heavy (non-hydrogen) atoms. The SMILES string of the molecule is Oc1ccc(C2(O)CCCC2)cc1. The fraction of sp³-hybridized carbons (Fsp3) is 0.455. The summed E-state index contributed by atoms with van der Waals surface area (Å²) in [4.78, 5) is 0. The molecule has 0 bridgehead atoms. The highest BCUT2D eigenvalue weighted by atomic mass is 16.3. The van der Waals surface area contributed by atoms with Gasteiger partial charge >= 0.3 is 0 Å². The highest BCUT2D eigenvalue weighted by molar-refractivity contribution is 5.30. The molecule has 1 fully saturated rings. The Kier molecular flexibility index (Phi) is 2.00. The number of aliphatic hydroxyl groups is 1. The van der Waals surface area contributed by atoms with E-state index in [1.54, 1.807) is 24.3 Å². The van der Waals surface area contributed by atoms with Gasteiger partial charge in [-0.2, -0.15) is 0 Å². The number of rotatable bonds is 1. The van der Waals surface area contributed by atoms with Crippen LogP contribution in [0, 0.1) is 0 Å². The smallest absolute Gasteiger partial charge is 0.115 e. The molecule has 2 N–H and O–H groups in total. The molecule has 0 aromatic heterocycles. The Hall–Kier alpha value is -1.02. The summed E-state index contributed by atoms with van der Waals surface area (Å²) in [5.74, 6) is 0.255. The van der Waals surface area contributed by atoms with E-state index in [1.165, 1.54) is 0 Å². The van der Waals surface area contributed by atoms with Gasteiger partial charge in [0.15, 0.2) is 0 Å². The second-order valence-electron chi connectivity index (χ2n) is 3.79.